The molecule has 1 N–H and O–H groups in total. The van der Waals surface area contributed by atoms with Gasteiger partial charge in [-0.05, 0) is 37.8 Å². The molecule has 0 unspecified atom stereocenters. The number of fused-ring (bicyclic) bond motifs is 1. The maximum Gasteiger partial charge on any atom is 0.190 e. The molecule has 178 valence electrons. The molecule has 0 bridgehead atoms. The van der Waals surface area contributed by atoms with Crippen molar-refractivity contribution in [3.8, 4) is 16.5 Å². The summed E-state index contributed by atoms with van der Waals surface area (Å²) in [5.74, 6) is 1.14. The van der Waals surface area contributed by atoms with Gasteiger partial charge in [0.2, 0.25) is 0 Å². The first-order chi connectivity index (χ1) is 14.8. The van der Waals surface area contributed by atoms with E-state index in [0.717, 1.165) is 52.7 Å². The van der Waals surface area contributed by atoms with Gasteiger partial charge >= 0.3 is 0 Å². The molecule has 32 heavy (non-hydrogen) atoms. The Kier molecular flexibility index (Phi) is 14.2. The summed E-state index contributed by atoms with van der Waals surface area (Å²) >= 11 is 1.55. The van der Waals surface area contributed by atoms with Crippen LogP contribution in [0.4, 0.5) is 0 Å². The molecular weight excluding hydrogens is 420 g/mol. The third-order valence-corrected chi connectivity index (χ3v) is 5.37. The molecule has 5 nitrogen and oxygen atoms in total. The lowest BCUT2D eigenvalue weighted by atomic mass is 10.1. The maximum absolute atomic E-state index is 12.4. The first-order valence-electron chi connectivity index (χ1n) is 10.6. The van der Waals surface area contributed by atoms with E-state index in [1.807, 2.05) is 24.4 Å². The van der Waals surface area contributed by atoms with E-state index in [1.54, 1.807) is 37.7 Å². The van der Waals surface area contributed by atoms with Crippen LogP contribution in [-0.2, 0) is 4.74 Å². The predicted octanol–water partition coefficient (Wildman–Crippen LogP) is 7.35. The van der Waals surface area contributed by atoms with Gasteiger partial charge in [-0.2, -0.15) is 0 Å². The minimum atomic E-state index is -0.00389. The number of aromatic nitrogens is 2. The van der Waals surface area contributed by atoms with E-state index in [2.05, 4.69) is 44.2 Å². The van der Waals surface area contributed by atoms with Crippen molar-refractivity contribution in [1.82, 2.24) is 9.97 Å². The Morgan fingerprint density at radius 3 is 2.34 bits per heavy atom. The van der Waals surface area contributed by atoms with Crippen LogP contribution in [0, 0.1) is 6.92 Å². The third kappa shape index (κ3) is 8.24. The van der Waals surface area contributed by atoms with Crippen molar-refractivity contribution in [1.29, 1.82) is 0 Å². The van der Waals surface area contributed by atoms with Gasteiger partial charge in [0.05, 0.1) is 24.0 Å². The molecule has 0 aliphatic heterocycles. The summed E-state index contributed by atoms with van der Waals surface area (Å²) in [6.45, 7) is 14.7. The monoisotopic (exact) mass is 460 g/mol. The minimum Gasteiger partial charge on any atom is -0.496 e. The van der Waals surface area contributed by atoms with Crippen LogP contribution in [0.3, 0.4) is 0 Å². The van der Waals surface area contributed by atoms with Gasteiger partial charge in [0.15, 0.2) is 5.43 Å². The Balaban J connectivity index is 0.000000823. The van der Waals surface area contributed by atoms with Crippen molar-refractivity contribution in [3.63, 3.8) is 0 Å². The molecule has 3 aromatic rings. The third-order valence-electron chi connectivity index (χ3n) is 4.48. The lowest BCUT2D eigenvalue weighted by Crippen LogP contribution is -2.04. The van der Waals surface area contributed by atoms with Crippen LogP contribution in [0.1, 0.15) is 65.1 Å². The standard InChI is InChI=1S/C17H18N2O2S.C4H10O.C4H8.CH4/c1-9(2)13-8-22-17(19-13)12-7-14(20)11-5-6-15(21-4)10(3)16(11)18-12;1-3-4-5-2;1-3-4-2;/h5-9H,1-4H3,(H,18,20);3-4H2,1-2H3;3H,1,4H2,2H3;1H4. The van der Waals surface area contributed by atoms with Crippen LogP contribution in [-0.4, -0.2) is 30.8 Å². The number of nitrogens with zero attached hydrogens (tertiary/aromatic N) is 1. The molecular formula is C26H40N2O3S. The number of aryl methyl sites for hydroxylation is 1. The second-order valence-corrected chi connectivity index (χ2v) is 8.14. The molecule has 2 aromatic heterocycles. The average molecular weight is 461 g/mol. The topological polar surface area (TPSA) is 64.2 Å². The van der Waals surface area contributed by atoms with Gasteiger partial charge in [0, 0.05) is 36.1 Å². The van der Waals surface area contributed by atoms with E-state index < -0.39 is 0 Å². The van der Waals surface area contributed by atoms with Gasteiger partial charge in [-0.25, -0.2) is 4.98 Å². The van der Waals surface area contributed by atoms with Gasteiger partial charge in [-0.3, -0.25) is 4.79 Å². The first-order valence-corrected chi connectivity index (χ1v) is 11.5. The average Bonchev–Trinajstić information content (AvgIpc) is 3.26. The SMILES string of the molecule is C.C=CCC.CCCOC.COc1ccc2c(=O)cc(-c3nc(C(C)C)cs3)[nH]c2c1C. The van der Waals surface area contributed by atoms with Crippen LogP contribution in [0.15, 0.2) is 41.0 Å². The Hall–Kier alpha value is -2.44. The number of benzene rings is 1. The van der Waals surface area contributed by atoms with E-state index in [4.69, 9.17) is 9.47 Å². The summed E-state index contributed by atoms with van der Waals surface area (Å²) in [6.07, 6.45) is 4.08. The highest BCUT2D eigenvalue weighted by molar-refractivity contribution is 7.13. The zero-order valence-electron chi connectivity index (χ0n) is 19.9. The normalized spacial score (nSPS) is 9.88. The highest BCUT2D eigenvalue weighted by atomic mass is 32.1. The van der Waals surface area contributed by atoms with Gasteiger partial charge < -0.3 is 14.5 Å². The van der Waals surface area contributed by atoms with Gasteiger partial charge in [-0.1, -0.05) is 41.2 Å². The molecule has 0 radical (unpaired) electrons. The maximum atomic E-state index is 12.4. The zero-order chi connectivity index (χ0) is 23.4. The van der Waals surface area contributed by atoms with Crippen molar-refractivity contribution < 1.29 is 9.47 Å². The lowest BCUT2D eigenvalue weighted by Gasteiger charge is -2.09. The Morgan fingerprint density at radius 1 is 1.25 bits per heavy atom. The highest BCUT2D eigenvalue weighted by Crippen LogP contribution is 2.29. The number of methoxy groups -OCH3 is 2. The number of H-pyrrole nitrogens is 1. The molecule has 0 aliphatic carbocycles. The van der Waals surface area contributed by atoms with Crippen molar-refractivity contribution in [2.75, 3.05) is 20.8 Å². The fourth-order valence-electron chi connectivity index (χ4n) is 2.65. The summed E-state index contributed by atoms with van der Waals surface area (Å²) in [5.41, 5.74) is 3.53. The van der Waals surface area contributed by atoms with E-state index in [0.29, 0.717) is 11.3 Å². The molecule has 0 amide bonds. The molecule has 0 fully saturated rings. The fraction of sp³-hybridized carbons (Fsp3) is 0.462. The second kappa shape index (κ2) is 15.4. The molecule has 0 atom stereocenters. The molecule has 2 heterocycles. The number of nitrogens with one attached hydrogen (secondary N) is 1. The smallest absolute Gasteiger partial charge is 0.190 e. The molecule has 0 spiro atoms. The molecule has 0 saturated heterocycles. The summed E-state index contributed by atoms with van der Waals surface area (Å²) < 4.78 is 10.0. The van der Waals surface area contributed by atoms with E-state index in [-0.39, 0.29) is 12.9 Å². The second-order valence-electron chi connectivity index (χ2n) is 7.28. The largest absolute Gasteiger partial charge is 0.496 e. The molecule has 6 heteroatoms. The Morgan fingerprint density at radius 2 is 1.91 bits per heavy atom. The number of thiazole rings is 1. The summed E-state index contributed by atoms with van der Waals surface area (Å²) in [7, 11) is 3.34. The fourth-order valence-corrected chi connectivity index (χ4v) is 3.61. The minimum absolute atomic E-state index is 0. The summed E-state index contributed by atoms with van der Waals surface area (Å²) in [4.78, 5) is 20.3. The number of pyridine rings is 1. The van der Waals surface area contributed by atoms with Crippen molar-refractivity contribution in [2.45, 2.75) is 60.8 Å². The van der Waals surface area contributed by atoms with Gasteiger partial charge in [0.25, 0.3) is 0 Å². The lowest BCUT2D eigenvalue weighted by molar-refractivity contribution is 0.199. The van der Waals surface area contributed by atoms with Crippen LogP contribution in [0.2, 0.25) is 0 Å². The summed E-state index contributed by atoms with van der Waals surface area (Å²) in [6, 6.07) is 5.25. The Labute approximate surface area is 197 Å². The van der Waals surface area contributed by atoms with Crippen LogP contribution >= 0.6 is 11.3 Å². The number of hydrogen-bond acceptors (Lipinski definition) is 5. The van der Waals surface area contributed by atoms with Crippen LogP contribution in [0.25, 0.3) is 21.6 Å². The van der Waals surface area contributed by atoms with Gasteiger partial charge in [-0.15, -0.1) is 17.9 Å². The van der Waals surface area contributed by atoms with Gasteiger partial charge in [0.1, 0.15) is 10.8 Å². The summed E-state index contributed by atoms with van der Waals surface area (Å²) in [5, 5.41) is 3.55. The number of allylic oxidation sites excluding steroid dienone is 1. The van der Waals surface area contributed by atoms with Crippen molar-refractivity contribution in [2.24, 2.45) is 0 Å². The number of rotatable bonds is 6. The zero-order valence-corrected chi connectivity index (χ0v) is 20.7. The quantitative estimate of drug-likeness (QED) is 0.390. The first kappa shape index (κ1) is 29.6. The van der Waals surface area contributed by atoms with Crippen LogP contribution < -0.4 is 10.2 Å². The number of hydrogen-bond donors (Lipinski definition) is 1. The van der Waals surface area contributed by atoms with E-state index >= 15 is 0 Å². The number of ether oxygens (including phenoxy) is 2. The molecule has 0 saturated carbocycles. The molecule has 0 aliphatic rings. The molecule has 3 rings (SSSR count). The van der Waals surface area contributed by atoms with E-state index in [9.17, 15) is 4.79 Å². The van der Waals surface area contributed by atoms with E-state index in [1.165, 1.54) is 0 Å². The highest BCUT2D eigenvalue weighted by Gasteiger charge is 2.12. The number of aromatic amines is 1. The molecule has 1 aromatic carbocycles. The Bertz CT molecular complexity index is 1000. The van der Waals surface area contributed by atoms with Crippen LogP contribution in [0.5, 0.6) is 5.75 Å². The van der Waals surface area contributed by atoms with Crippen molar-refractivity contribution in [3.05, 3.63) is 57.7 Å². The predicted molar refractivity (Wildman–Crippen MR) is 140 cm³/mol. The van der Waals surface area contributed by atoms with Crippen molar-refractivity contribution >= 4 is 22.2 Å².